The first-order valence-electron chi connectivity index (χ1n) is 9.60. The normalized spacial score (nSPS) is 23.9. The van der Waals surface area contributed by atoms with Gasteiger partial charge in [0, 0.05) is 24.0 Å². The van der Waals surface area contributed by atoms with Gasteiger partial charge >= 0.3 is 12.1 Å². The van der Waals surface area contributed by atoms with Gasteiger partial charge in [0.05, 0.1) is 6.10 Å². The van der Waals surface area contributed by atoms with Crippen molar-refractivity contribution in [2.45, 2.75) is 64.2 Å². The number of halogens is 2. The topological polar surface area (TPSA) is 102 Å². The van der Waals surface area contributed by atoms with Gasteiger partial charge in [0.25, 0.3) is 0 Å². The smallest absolute Gasteiger partial charge is 0.408 e. The number of carbonyl (C=O) groups excluding carboxylic acids is 2. The molecule has 9 heteroatoms. The number of aliphatic carboxylic acids is 1. The quantitative estimate of drug-likeness (QED) is 0.674. The van der Waals surface area contributed by atoms with Crippen LogP contribution in [-0.2, 0) is 24.6 Å². The standard InChI is InChI=1S/C21H27F2NO6/c1-19(2,3)30-18(28)24-21(17(26)27,15-11-13(22)5-6-16(15)23)20(4)8-10-29-14(12-20)7-9-25/h5-6,9,11,14H,7-8,10,12H2,1-4H3,(H,24,28)(H,26,27)/t14?,20?,21-/m1/s1. The summed E-state index contributed by atoms with van der Waals surface area (Å²) >= 11 is 0. The fraction of sp³-hybridized carbons (Fsp3) is 0.571. The van der Waals surface area contributed by atoms with E-state index in [4.69, 9.17) is 9.47 Å². The van der Waals surface area contributed by atoms with E-state index in [0.717, 1.165) is 18.2 Å². The maximum atomic E-state index is 14.9. The Balaban J connectivity index is 2.68. The molecule has 0 radical (unpaired) electrons. The molecule has 2 N–H and O–H groups in total. The van der Waals surface area contributed by atoms with Crippen molar-refractivity contribution in [3.8, 4) is 0 Å². The van der Waals surface area contributed by atoms with E-state index in [0.29, 0.717) is 6.29 Å². The van der Waals surface area contributed by atoms with Crippen molar-refractivity contribution in [1.29, 1.82) is 0 Å². The minimum atomic E-state index is -2.37. The van der Waals surface area contributed by atoms with E-state index in [1.165, 1.54) is 0 Å². The highest BCUT2D eigenvalue weighted by Gasteiger charge is 2.59. The molecule has 1 aromatic rings. The van der Waals surface area contributed by atoms with Crippen LogP contribution in [0.4, 0.5) is 13.6 Å². The number of benzene rings is 1. The van der Waals surface area contributed by atoms with E-state index in [-0.39, 0.29) is 25.9 Å². The number of hydrogen-bond acceptors (Lipinski definition) is 5. The van der Waals surface area contributed by atoms with Crippen LogP contribution in [0.5, 0.6) is 0 Å². The van der Waals surface area contributed by atoms with Crippen LogP contribution >= 0.6 is 0 Å². The Hall–Kier alpha value is -2.55. The molecule has 1 fully saturated rings. The fourth-order valence-electron chi connectivity index (χ4n) is 3.93. The molecule has 1 heterocycles. The lowest BCUT2D eigenvalue weighted by atomic mass is 9.61. The van der Waals surface area contributed by atoms with Crippen molar-refractivity contribution in [3.05, 3.63) is 35.4 Å². The Labute approximate surface area is 173 Å². The van der Waals surface area contributed by atoms with E-state index in [1.807, 2.05) is 0 Å². The second-order valence-corrected chi connectivity index (χ2v) is 8.72. The molecule has 1 aromatic carbocycles. The van der Waals surface area contributed by atoms with Gasteiger partial charge in [-0.3, -0.25) is 0 Å². The molecule has 1 aliphatic rings. The summed E-state index contributed by atoms with van der Waals surface area (Å²) in [6, 6.07) is 2.43. The monoisotopic (exact) mass is 427 g/mol. The number of rotatable bonds is 6. The van der Waals surface area contributed by atoms with Crippen LogP contribution < -0.4 is 5.32 Å². The number of carbonyl (C=O) groups is 3. The zero-order valence-electron chi connectivity index (χ0n) is 17.5. The molecule has 0 bridgehead atoms. The summed E-state index contributed by atoms with van der Waals surface area (Å²) in [6.07, 6.45) is -0.943. The van der Waals surface area contributed by atoms with Crippen molar-refractivity contribution in [1.82, 2.24) is 5.32 Å². The van der Waals surface area contributed by atoms with Gasteiger partial charge < -0.3 is 24.7 Å². The van der Waals surface area contributed by atoms with Crippen molar-refractivity contribution < 1.29 is 37.7 Å². The molecule has 166 valence electrons. The molecule has 2 rings (SSSR count). The first kappa shape index (κ1) is 23.7. The lowest BCUT2D eigenvalue weighted by Gasteiger charge is -2.50. The van der Waals surface area contributed by atoms with Crippen LogP contribution in [0.2, 0.25) is 0 Å². The summed E-state index contributed by atoms with van der Waals surface area (Å²) in [5.41, 5.74) is -5.18. The SMILES string of the molecule is CC(C)(C)OC(=O)N[C@@](C(=O)O)(c1cc(F)ccc1F)C1(C)CCOC(CC=O)C1. The average molecular weight is 427 g/mol. The van der Waals surface area contributed by atoms with E-state index >= 15 is 0 Å². The minimum Gasteiger partial charge on any atom is -0.479 e. The molecule has 3 atom stereocenters. The Bertz CT molecular complexity index is 824. The molecule has 30 heavy (non-hydrogen) atoms. The van der Waals surface area contributed by atoms with E-state index in [1.54, 1.807) is 27.7 Å². The second kappa shape index (κ2) is 8.67. The third-order valence-electron chi connectivity index (χ3n) is 5.29. The summed E-state index contributed by atoms with van der Waals surface area (Å²) in [4.78, 5) is 36.3. The fourth-order valence-corrected chi connectivity index (χ4v) is 3.93. The van der Waals surface area contributed by atoms with E-state index in [9.17, 15) is 28.3 Å². The lowest BCUT2D eigenvalue weighted by molar-refractivity contribution is -0.160. The molecule has 7 nitrogen and oxygen atoms in total. The highest BCUT2D eigenvalue weighted by atomic mass is 19.1. The number of aldehydes is 1. The summed E-state index contributed by atoms with van der Waals surface area (Å²) in [5, 5.41) is 12.6. The number of carboxylic acid groups (broad SMARTS) is 1. The van der Waals surface area contributed by atoms with Crippen LogP contribution in [-0.4, -0.2) is 41.8 Å². The number of carboxylic acids is 1. The maximum absolute atomic E-state index is 14.9. The molecule has 1 saturated heterocycles. The maximum Gasteiger partial charge on any atom is 0.408 e. The lowest BCUT2D eigenvalue weighted by Crippen LogP contribution is -2.64. The molecule has 0 aromatic heterocycles. The third-order valence-corrected chi connectivity index (χ3v) is 5.29. The molecule has 0 saturated carbocycles. The molecule has 1 amide bonds. The molecular formula is C21H27F2NO6. The van der Waals surface area contributed by atoms with Gasteiger partial charge in [-0.05, 0) is 51.8 Å². The van der Waals surface area contributed by atoms with Crippen LogP contribution in [0, 0.1) is 17.0 Å². The van der Waals surface area contributed by atoms with Gasteiger partial charge in [-0.15, -0.1) is 0 Å². The number of amides is 1. The summed E-state index contributed by atoms with van der Waals surface area (Å²) in [5.74, 6) is -3.43. The molecule has 0 spiro atoms. The zero-order valence-corrected chi connectivity index (χ0v) is 17.5. The van der Waals surface area contributed by atoms with Crippen molar-refractivity contribution in [2.24, 2.45) is 5.41 Å². The molecule has 2 unspecified atom stereocenters. The second-order valence-electron chi connectivity index (χ2n) is 8.72. The van der Waals surface area contributed by atoms with Crippen LogP contribution in [0.1, 0.15) is 52.5 Å². The molecule has 0 aliphatic carbocycles. The van der Waals surface area contributed by atoms with Gasteiger partial charge in [-0.1, -0.05) is 6.92 Å². The Kier molecular flexibility index (Phi) is 6.86. The summed E-state index contributed by atoms with van der Waals surface area (Å²) in [6.45, 7) is 6.40. The summed E-state index contributed by atoms with van der Waals surface area (Å²) in [7, 11) is 0. The summed E-state index contributed by atoms with van der Waals surface area (Å²) < 4.78 is 39.7. The van der Waals surface area contributed by atoms with Crippen LogP contribution in [0.3, 0.4) is 0 Å². The van der Waals surface area contributed by atoms with Crippen molar-refractivity contribution in [3.63, 3.8) is 0 Å². The number of hydrogen-bond donors (Lipinski definition) is 2. The Morgan fingerprint density at radius 1 is 1.37 bits per heavy atom. The number of nitrogens with one attached hydrogen (secondary N) is 1. The third kappa shape index (κ3) is 4.77. The van der Waals surface area contributed by atoms with Gasteiger partial charge in [-0.25, -0.2) is 18.4 Å². The zero-order chi connectivity index (χ0) is 22.7. The average Bonchev–Trinajstić information content (AvgIpc) is 2.60. The van der Waals surface area contributed by atoms with Crippen molar-refractivity contribution >= 4 is 18.3 Å². The highest BCUT2D eigenvalue weighted by Crippen LogP contribution is 2.50. The van der Waals surface area contributed by atoms with Gasteiger partial charge in [0.2, 0.25) is 0 Å². The highest BCUT2D eigenvalue weighted by molar-refractivity contribution is 5.87. The Morgan fingerprint density at radius 2 is 2.03 bits per heavy atom. The van der Waals surface area contributed by atoms with Gasteiger partial charge in [0.15, 0.2) is 5.54 Å². The number of ether oxygens (including phenoxy) is 2. The first-order valence-corrected chi connectivity index (χ1v) is 9.60. The largest absolute Gasteiger partial charge is 0.479 e. The van der Waals surface area contributed by atoms with Crippen LogP contribution in [0.15, 0.2) is 18.2 Å². The number of alkyl carbamates (subject to hydrolysis) is 1. The van der Waals surface area contributed by atoms with Gasteiger partial charge in [0.1, 0.15) is 23.5 Å². The predicted octanol–water partition coefficient (Wildman–Crippen LogP) is 3.54. The first-order chi connectivity index (χ1) is 13.8. The minimum absolute atomic E-state index is 0.00333. The predicted molar refractivity (Wildman–Crippen MR) is 103 cm³/mol. The van der Waals surface area contributed by atoms with Crippen molar-refractivity contribution in [2.75, 3.05) is 6.61 Å². The Morgan fingerprint density at radius 3 is 2.60 bits per heavy atom. The molecular weight excluding hydrogens is 400 g/mol. The van der Waals surface area contributed by atoms with Crippen LogP contribution in [0.25, 0.3) is 0 Å². The van der Waals surface area contributed by atoms with Gasteiger partial charge in [-0.2, -0.15) is 0 Å². The van der Waals surface area contributed by atoms with E-state index < -0.39 is 51.9 Å². The molecule has 1 aliphatic heterocycles. The van der Waals surface area contributed by atoms with E-state index in [2.05, 4.69) is 5.32 Å².